The first-order chi connectivity index (χ1) is 10.4. The Morgan fingerprint density at radius 1 is 1.36 bits per heavy atom. The van der Waals surface area contributed by atoms with E-state index in [1.807, 2.05) is 13.8 Å². The van der Waals surface area contributed by atoms with Crippen LogP contribution in [0.3, 0.4) is 0 Å². The third-order valence-electron chi connectivity index (χ3n) is 3.13. The van der Waals surface area contributed by atoms with Crippen molar-refractivity contribution in [3.8, 4) is 0 Å². The van der Waals surface area contributed by atoms with Gasteiger partial charge in [0.2, 0.25) is 0 Å². The molecule has 1 rings (SSSR count). The molecule has 0 bridgehead atoms. The van der Waals surface area contributed by atoms with Gasteiger partial charge in [-0.15, -0.1) is 0 Å². The highest BCUT2D eigenvalue weighted by molar-refractivity contribution is 5.87. The molecule has 7 heteroatoms. The largest absolute Gasteiger partial charge is 0.464 e. The van der Waals surface area contributed by atoms with Gasteiger partial charge in [-0.25, -0.2) is 4.79 Å². The normalized spacial score (nSPS) is 21.4. The van der Waals surface area contributed by atoms with Crippen LogP contribution in [-0.2, 0) is 28.5 Å². The SMILES string of the molecule is CCCCOC(=O)[C@H](COCC)NC(=O)[C@@H]1COC(C)(C)O1. The summed E-state index contributed by atoms with van der Waals surface area (Å²) in [5, 5.41) is 2.61. The van der Waals surface area contributed by atoms with Crippen LogP contribution in [0.5, 0.6) is 0 Å². The van der Waals surface area contributed by atoms with Gasteiger partial charge in [0.25, 0.3) is 5.91 Å². The Morgan fingerprint density at radius 2 is 2.09 bits per heavy atom. The maximum absolute atomic E-state index is 12.2. The van der Waals surface area contributed by atoms with Gasteiger partial charge in [-0.1, -0.05) is 13.3 Å². The maximum Gasteiger partial charge on any atom is 0.331 e. The van der Waals surface area contributed by atoms with Gasteiger partial charge in [0.1, 0.15) is 0 Å². The lowest BCUT2D eigenvalue weighted by Gasteiger charge is -2.20. The molecule has 0 aromatic heterocycles. The Hall–Kier alpha value is -1.18. The molecule has 1 saturated heterocycles. The summed E-state index contributed by atoms with van der Waals surface area (Å²) >= 11 is 0. The number of hydrogen-bond acceptors (Lipinski definition) is 6. The van der Waals surface area contributed by atoms with Crippen LogP contribution < -0.4 is 5.32 Å². The summed E-state index contributed by atoms with van der Waals surface area (Å²) in [7, 11) is 0. The molecule has 2 atom stereocenters. The minimum atomic E-state index is -0.836. The predicted octanol–water partition coefficient (Wildman–Crippen LogP) is 1.00. The van der Waals surface area contributed by atoms with E-state index in [0.717, 1.165) is 12.8 Å². The number of carbonyl (C=O) groups excluding carboxylic acids is 2. The zero-order chi connectivity index (χ0) is 16.6. The number of carbonyl (C=O) groups is 2. The van der Waals surface area contributed by atoms with Crippen molar-refractivity contribution in [1.82, 2.24) is 5.32 Å². The number of nitrogens with one attached hydrogen (secondary N) is 1. The number of unbranched alkanes of at least 4 members (excludes halogenated alkanes) is 1. The summed E-state index contributed by atoms with van der Waals surface area (Å²) in [5.41, 5.74) is 0. The highest BCUT2D eigenvalue weighted by Gasteiger charge is 2.38. The second kappa shape index (κ2) is 9.07. The van der Waals surface area contributed by atoms with E-state index in [1.165, 1.54) is 0 Å². The zero-order valence-corrected chi connectivity index (χ0v) is 13.8. The topological polar surface area (TPSA) is 83.1 Å². The lowest BCUT2D eigenvalue weighted by atomic mass is 10.2. The van der Waals surface area contributed by atoms with Gasteiger partial charge in [0.05, 0.1) is 19.8 Å². The van der Waals surface area contributed by atoms with E-state index in [4.69, 9.17) is 18.9 Å². The number of hydrogen-bond donors (Lipinski definition) is 1. The molecule has 0 aromatic carbocycles. The molecule has 1 aliphatic heterocycles. The molecule has 1 N–H and O–H groups in total. The highest BCUT2D eigenvalue weighted by atomic mass is 16.7. The average Bonchev–Trinajstić information content (AvgIpc) is 2.83. The van der Waals surface area contributed by atoms with Gasteiger partial charge in [-0.2, -0.15) is 0 Å². The molecular formula is C15H27NO6. The summed E-state index contributed by atoms with van der Waals surface area (Å²) in [6, 6.07) is -0.836. The zero-order valence-electron chi connectivity index (χ0n) is 13.8. The minimum absolute atomic E-state index is 0.0736. The molecule has 0 saturated carbocycles. The van der Waals surface area contributed by atoms with Crippen molar-refractivity contribution in [1.29, 1.82) is 0 Å². The van der Waals surface area contributed by atoms with Crippen LogP contribution in [0, 0.1) is 0 Å². The first kappa shape index (κ1) is 18.9. The molecule has 1 fully saturated rings. The van der Waals surface area contributed by atoms with Crippen LogP contribution >= 0.6 is 0 Å². The molecule has 0 unspecified atom stereocenters. The Bertz CT molecular complexity index is 371. The first-order valence-electron chi connectivity index (χ1n) is 7.76. The first-order valence-corrected chi connectivity index (χ1v) is 7.76. The fraction of sp³-hybridized carbons (Fsp3) is 0.867. The third kappa shape index (κ3) is 6.29. The van der Waals surface area contributed by atoms with Crippen LogP contribution in [0.25, 0.3) is 0 Å². The van der Waals surface area contributed by atoms with Crippen LogP contribution in [-0.4, -0.2) is 56.2 Å². The van der Waals surface area contributed by atoms with Gasteiger partial charge in [0.15, 0.2) is 17.9 Å². The molecule has 0 spiro atoms. The summed E-state index contributed by atoms with van der Waals surface area (Å²) < 4.78 is 21.2. The number of amides is 1. The third-order valence-corrected chi connectivity index (χ3v) is 3.13. The van der Waals surface area contributed by atoms with E-state index in [0.29, 0.717) is 13.2 Å². The van der Waals surface area contributed by atoms with Crippen LogP contribution in [0.2, 0.25) is 0 Å². The van der Waals surface area contributed by atoms with Crippen LogP contribution in [0.4, 0.5) is 0 Å². The quantitative estimate of drug-likeness (QED) is 0.505. The standard InChI is InChI=1S/C15H27NO6/c1-5-7-8-20-14(18)11(9-19-6-2)16-13(17)12-10-21-15(3,4)22-12/h11-12H,5-10H2,1-4H3,(H,16,17)/t11-,12-/m0/s1. The Balaban J connectivity index is 2.52. The monoisotopic (exact) mass is 317 g/mol. The van der Waals surface area contributed by atoms with Crippen molar-refractivity contribution in [2.45, 2.75) is 58.5 Å². The van der Waals surface area contributed by atoms with Gasteiger partial charge < -0.3 is 24.3 Å². The molecule has 1 amide bonds. The maximum atomic E-state index is 12.2. The average molecular weight is 317 g/mol. The fourth-order valence-electron chi connectivity index (χ4n) is 1.90. The van der Waals surface area contributed by atoms with Crippen molar-refractivity contribution in [2.24, 2.45) is 0 Å². The molecule has 0 radical (unpaired) electrons. The van der Waals surface area contributed by atoms with Crippen molar-refractivity contribution in [3.05, 3.63) is 0 Å². The molecule has 7 nitrogen and oxygen atoms in total. The van der Waals surface area contributed by atoms with Crippen molar-refractivity contribution in [3.63, 3.8) is 0 Å². The molecule has 0 aromatic rings. The van der Waals surface area contributed by atoms with E-state index in [9.17, 15) is 9.59 Å². The summed E-state index contributed by atoms with van der Waals surface area (Å²) in [5.74, 6) is -1.69. The molecule has 128 valence electrons. The van der Waals surface area contributed by atoms with Gasteiger partial charge >= 0.3 is 5.97 Å². The lowest BCUT2D eigenvalue weighted by Crippen LogP contribution is -2.49. The number of ether oxygens (including phenoxy) is 4. The van der Waals surface area contributed by atoms with Gasteiger partial charge in [-0.05, 0) is 27.2 Å². The lowest BCUT2D eigenvalue weighted by molar-refractivity contribution is -0.157. The summed E-state index contributed by atoms with van der Waals surface area (Å²) in [4.78, 5) is 24.2. The van der Waals surface area contributed by atoms with Crippen molar-refractivity contribution < 1.29 is 28.5 Å². The summed E-state index contributed by atoms with van der Waals surface area (Å²) in [6.45, 7) is 8.31. The molecular weight excluding hydrogens is 290 g/mol. The Morgan fingerprint density at radius 3 is 2.64 bits per heavy atom. The molecule has 1 heterocycles. The minimum Gasteiger partial charge on any atom is -0.464 e. The van der Waals surface area contributed by atoms with E-state index in [-0.39, 0.29) is 13.2 Å². The van der Waals surface area contributed by atoms with E-state index < -0.39 is 29.8 Å². The Kier molecular flexibility index (Phi) is 7.78. The molecule has 22 heavy (non-hydrogen) atoms. The van der Waals surface area contributed by atoms with Crippen molar-refractivity contribution >= 4 is 11.9 Å². The highest BCUT2D eigenvalue weighted by Crippen LogP contribution is 2.22. The van der Waals surface area contributed by atoms with Crippen molar-refractivity contribution in [2.75, 3.05) is 26.4 Å². The molecule has 0 aliphatic carbocycles. The number of esters is 1. The summed E-state index contributed by atoms with van der Waals surface area (Å²) in [6.07, 6.45) is 0.981. The number of rotatable bonds is 9. The van der Waals surface area contributed by atoms with Gasteiger partial charge in [0, 0.05) is 6.61 Å². The molecule has 1 aliphatic rings. The van der Waals surface area contributed by atoms with E-state index >= 15 is 0 Å². The Labute approximate surface area is 131 Å². The van der Waals surface area contributed by atoms with E-state index in [1.54, 1.807) is 13.8 Å². The fourth-order valence-corrected chi connectivity index (χ4v) is 1.90. The van der Waals surface area contributed by atoms with E-state index in [2.05, 4.69) is 5.32 Å². The smallest absolute Gasteiger partial charge is 0.331 e. The van der Waals surface area contributed by atoms with Crippen LogP contribution in [0.1, 0.15) is 40.5 Å². The predicted molar refractivity (Wildman–Crippen MR) is 79.2 cm³/mol. The second-order valence-electron chi connectivity index (χ2n) is 5.56. The van der Waals surface area contributed by atoms with Gasteiger partial charge in [-0.3, -0.25) is 4.79 Å². The second-order valence-corrected chi connectivity index (χ2v) is 5.56. The van der Waals surface area contributed by atoms with Crippen LogP contribution in [0.15, 0.2) is 0 Å².